The highest BCUT2D eigenvalue weighted by molar-refractivity contribution is 6.20. The van der Waals surface area contributed by atoms with Gasteiger partial charge in [-0.2, -0.15) is 0 Å². The van der Waals surface area contributed by atoms with Crippen LogP contribution >= 0.6 is 0 Å². The Morgan fingerprint density at radius 2 is 1.52 bits per heavy atom. The van der Waals surface area contributed by atoms with Gasteiger partial charge in [-0.15, -0.1) is 0 Å². The minimum Gasteiger partial charge on any atom is -0.353 e. The molecule has 0 saturated heterocycles. The molecule has 1 aromatic carbocycles. The number of rotatable bonds is 3. The number of nitrogens with one attached hydrogen (secondary N) is 1. The number of fused-ring (bicyclic) bond motifs is 1. The fourth-order valence-electron chi connectivity index (χ4n) is 3.29. The first kappa shape index (κ1) is 19.1. The van der Waals surface area contributed by atoms with E-state index < -0.39 is 29.1 Å². The predicted octanol–water partition coefficient (Wildman–Crippen LogP) is 2.46. The van der Waals surface area contributed by atoms with Gasteiger partial charge in [-0.3, -0.25) is 14.4 Å². The first-order valence-electron chi connectivity index (χ1n) is 9.19. The number of nitrogens with zero attached hydrogens (tertiary/aromatic N) is 1. The maximum Gasteiger partial charge on any atom is 0.336 e. The summed E-state index contributed by atoms with van der Waals surface area (Å²) in [4.78, 5) is 54.2. The van der Waals surface area contributed by atoms with Gasteiger partial charge in [0.2, 0.25) is 5.91 Å². The Bertz CT molecular complexity index is 753. The van der Waals surface area contributed by atoms with Gasteiger partial charge in [0.25, 0.3) is 11.8 Å². The van der Waals surface area contributed by atoms with Crippen LogP contribution in [0.3, 0.4) is 0 Å². The van der Waals surface area contributed by atoms with E-state index in [9.17, 15) is 19.2 Å². The third-order valence-electron chi connectivity index (χ3n) is 5.01. The number of hydroxylamine groups is 2. The van der Waals surface area contributed by atoms with Crippen molar-refractivity contribution in [3.8, 4) is 0 Å². The van der Waals surface area contributed by atoms with E-state index in [1.807, 2.05) is 20.8 Å². The number of hydrogen-bond donors (Lipinski definition) is 1. The van der Waals surface area contributed by atoms with Crippen molar-refractivity contribution in [1.29, 1.82) is 0 Å². The lowest BCUT2D eigenvalue weighted by molar-refractivity contribution is -0.175. The van der Waals surface area contributed by atoms with Gasteiger partial charge in [0, 0.05) is 11.5 Å². The molecule has 1 saturated carbocycles. The van der Waals surface area contributed by atoms with E-state index in [2.05, 4.69) is 5.32 Å². The summed E-state index contributed by atoms with van der Waals surface area (Å²) < 4.78 is 0. The van der Waals surface area contributed by atoms with Crippen molar-refractivity contribution in [3.63, 3.8) is 0 Å². The van der Waals surface area contributed by atoms with Gasteiger partial charge in [0.1, 0.15) is 0 Å². The van der Waals surface area contributed by atoms with Gasteiger partial charge in [0.15, 0.2) is 0 Å². The van der Waals surface area contributed by atoms with Crippen LogP contribution in [0.2, 0.25) is 0 Å². The fourth-order valence-corrected chi connectivity index (χ4v) is 3.29. The van der Waals surface area contributed by atoms with Crippen LogP contribution < -0.4 is 5.32 Å². The molecule has 1 N–H and O–H groups in total. The zero-order chi connectivity index (χ0) is 19.8. The molecule has 27 heavy (non-hydrogen) atoms. The van der Waals surface area contributed by atoms with Crippen molar-refractivity contribution < 1.29 is 24.0 Å². The van der Waals surface area contributed by atoms with Gasteiger partial charge in [-0.05, 0) is 37.8 Å². The molecule has 1 aliphatic heterocycles. The Balaban J connectivity index is 1.54. The molecule has 1 aliphatic carbocycles. The van der Waals surface area contributed by atoms with Crippen LogP contribution in [-0.4, -0.2) is 34.8 Å². The van der Waals surface area contributed by atoms with Crippen LogP contribution in [0.5, 0.6) is 0 Å². The van der Waals surface area contributed by atoms with E-state index in [0.717, 1.165) is 0 Å². The van der Waals surface area contributed by atoms with Crippen molar-refractivity contribution in [3.05, 3.63) is 35.4 Å². The smallest absolute Gasteiger partial charge is 0.336 e. The third-order valence-corrected chi connectivity index (χ3v) is 5.01. The minimum absolute atomic E-state index is 0.0143. The Morgan fingerprint density at radius 1 is 1.00 bits per heavy atom. The molecule has 0 bridgehead atoms. The highest BCUT2D eigenvalue weighted by Crippen LogP contribution is 2.29. The molecule has 144 valence electrons. The summed E-state index contributed by atoms with van der Waals surface area (Å²) in [6, 6.07) is 6.41. The summed E-state index contributed by atoms with van der Waals surface area (Å²) in [5.74, 6) is -2.22. The van der Waals surface area contributed by atoms with Crippen LogP contribution in [0.25, 0.3) is 0 Å². The number of benzene rings is 1. The summed E-state index contributed by atoms with van der Waals surface area (Å²) in [5.41, 5.74) is 0.0224. The van der Waals surface area contributed by atoms with Crippen LogP contribution in [0.1, 0.15) is 67.2 Å². The van der Waals surface area contributed by atoms with Crippen molar-refractivity contribution in [2.75, 3.05) is 0 Å². The molecular formula is C20H24N2O5. The molecule has 1 heterocycles. The minimum atomic E-state index is -0.616. The van der Waals surface area contributed by atoms with Gasteiger partial charge in [-0.25, -0.2) is 4.79 Å². The first-order valence-corrected chi connectivity index (χ1v) is 9.19. The van der Waals surface area contributed by atoms with E-state index in [0.29, 0.717) is 30.7 Å². The molecule has 0 radical (unpaired) electrons. The molecule has 0 spiro atoms. The summed E-state index contributed by atoms with van der Waals surface area (Å²) in [5, 5.41) is 3.56. The van der Waals surface area contributed by atoms with Crippen molar-refractivity contribution in [2.24, 2.45) is 11.3 Å². The second kappa shape index (κ2) is 7.13. The highest BCUT2D eigenvalue weighted by Gasteiger charge is 2.40. The molecular weight excluding hydrogens is 348 g/mol. The number of hydrogen-bond acceptors (Lipinski definition) is 5. The van der Waals surface area contributed by atoms with Crippen molar-refractivity contribution in [1.82, 2.24) is 10.4 Å². The predicted molar refractivity (Wildman–Crippen MR) is 96.4 cm³/mol. The van der Waals surface area contributed by atoms with Crippen LogP contribution in [0, 0.1) is 11.3 Å². The standard InChI is InChI=1S/C20H24N2O5/c1-20(2,3)19(26)21-13-10-8-12(9-11-13)18(25)27-22-16(23)14-6-4-5-7-15(14)17(22)24/h4-7,12-13H,8-11H2,1-3H3,(H,21,26). The van der Waals surface area contributed by atoms with Crippen LogP contribution in [0.4, 0.5) is 0 Å². The summed E-state index contributed by atoms with van der Waals surface area (Å²) in [6.07, 6.45) is 2.39. The van der Waals surface area contributed by atoms with E-state index >= 15 is 0 Å². The molecule has 3 amide bonds. The van der Waals surface area contributed by atoms with Crippen molar-refractivity contribution >= 4 is 23.7 Å². The van der Waals surface area contributed by atoms with E-state index in [-0.39, 0.29) is 23.1 Å². The lowest BCUT2D eigenvalue weighted by Crippen LogP contribution is -2.44. The van der Waals surface area contributed by atoms with Crippen LogP contribution in [0.15, 0.2) is 24.3 Å². The fraction of sp³-hybridized carbons (Fsp3) is 0.500. The molecule has 1 fully saturated rings. The van der Waals surface area contributed by atoms with E-state index in [1.165, 1.54) is 12.1 Å². The third kappa shape index (κ3) is 3.86. The highest BCUT2D eigenvalue weighted by atomic mass is 16.7. The molecule has 7 nitrogen and oxygen atoms in total. The summed E-state index contributed by atoms with van der Waals surface area (Å²) >= 11 is 0. The summed E-state index contributed by atoms with van der Waals surface area (Å²) in [6.45, 7) is 5.56. The normalized spacial score (nSPS) is 22.4. The number of imide groups is 1. The Morgan fingerprint density at radius 3 is 2.00 bits per heavy atom. The quantitative estimate of drug-likeness (QED) is 0.823. The Hall–Kier alpha value is -2.70. The lowest BCUT2D eigenvalue weighted by atomic mass is 9.85. The molecule has 0 atom stereocenters. The van der Waals surface area contributed by atoms with E-state index in [4.69, 9.17) is 4.84 Å². The molecule has 7 heteroatoms. The van der Waals surface area contributed by atoms with Gasteiger partial charge in [-0.1, -0.05) is 38.0 Å². The van der Waals surface area contributed by atoms with Gasteiger partial charge >= 0.3 is 5.97 Å². The SMILES string of the molecule is CC(C)(C)C(=O)NC1CCC(C(=O)ON2C(=O)c3ccccc3C2=O)CC1. The van der Waals surface area contributed by atoms with Gasteiger partial charge < -0.3 is 10.2 Å². The summed E-state index contributed by atoms with van der Waals surface area (Å²) in [7, 11) is 0. The second-order valence-electron chi connectivity index (χ2n) is 8.13. The average molecular weight is 372 g/mol. The monoisotopic (exact) mass is 372 g/mol. The zero-order valence-electron chi connectivity index (χ0n) is 15.8. The number of carbonyl (C=O) groups excluding carboxylic acids is 4. The second-order valence-corrected chi connectivity index (χ2v) is 8.13. The zero-order valence-corrected chi connectivity index (χ0v) is 15.8. The van der Waals surface area contributed by atoms with Crippen LogP contribution in [-0.2, 0) is 14.4 Å². The molecule has 2 aliphatic rings. The maximum atomic E-state index is 12.4. The molecule has 3 rings (SSSR count). The topological polar surface area (TPSA) is 92.8 Å². The number of amides is 3. The Labute approximate surface area is 158 Å². The Kier molecular flexibility index (Phi) is 5.04. The van der Waals surface area contributed by atoms with Gasteiger partial charge in [0.05, 0.1) is 17.0 Å². The molecule has 0 aromatic heterocycles. The average Bonchev–Trinajstić information content (AvgIpc) is 2.87. The van der Waals surface area contributed by atoms with Crippen molar-refractivity contribution in [2.45, 2.75) is 52.5 Å². The molecule has 1 aromatic rings. The lowest BCUT2D eigenvalue weighted by Gasteiger charge is -2.30. The first-order chi connectivity index (χ1) is 12.7. The van der Waals surface area contributed by atoms with E-state index in [1.54, 1.807) is 12.1 Å². The molecule has 0 unspecified atom stereocenters. The maximum absolute atomic E-state index is 12.4. The number of carbonyl (C=O) groups is 4. The largest absolute Gasteiger partial charge is 0.353 e.